The lowest BCUT2D eigenvalue weighted by Crippen LogP contribution is -2.31. The topological polar surface area (TPSA) is 77.3 Å². The van der Waals surface area contributed by atoms with Gasteiger partial charge in [-0.2, -0.15) is 4.31 Å². The number of hydrogen-bond acceptors (Lipinski definition) is 5. The largest absolute Gasteiger partial charge is 0.380 e. The Kier molecular flexibility index (Phi) is 3.53. The average molecular weight is 325 g/mol. The van der Waals surface area contributed by atoms with Crippen LogP contribution in [0, 0.1) is 0 Å². The number of ether oxygens (including phenoxy) is 1. The lowest BCUT2D eigenvalue weighted by Gasteiger charge is -2.15. The Labute approximate surface area is 108 Å². The zero-order valence-electron chi connectivity index (χ0n) is 9.50. The lowest BCUT2D eigenvalue weighted by atomic mass is 10.3. The Morgan fingerprint density at radius 2 is 2.24 bits per heavy atom. The zero-order chi connectivity index (χ0) is 12.6. The van der Waals surface area contributed by atoms with Crippen molar-refractivity contribution in [2.24, 2.45) is 7.05 Å². The Morgan fingerprint density at radius 3 is 2.71 bits per heavy atom. The molecule has 1 saturated heterocycles. The van der Waals surface area contributed by atoms with E-state index in [0.29, 0.717) is 19.5 Å². The van der Waals surface area contributed by atoms with Gasteiger partial charge in [0.2, 0.25) is 5.03 Å². The van der Waals surface area contributed by atoms with Gasteiger partial charge in [-0.15, -0.1) is 5.10 Å². The van der Waals surface area contributed by atoms with Gasteiger partial charge in [0.1, 0.15) is 0 Å². The second kappa shape index (κ2) is 4.63. The van der Waals surface area contributed by atoms with Crippen LogP contribution in [-0.2, 0) is 21.8 Å². The minimum Gasteiger partial charge on any atom is -0.380 e. The van der Waals surface area contributed by atoms with E-state index in [-0.39, 0.29) is 15.7 Å². The van der Waals surface area contributed by atoms with E-state index in [0.717, 1.165) is 0 Å². The summed E-state index contributed by atoms with van der Waals surface area (Å²) in [6, 6.07) is 0. The normalized spacial score (nSPS) is 22.2. The monoisotopic (exact) mass is 324 g/mol. The second-order valence-electron chi connectivity index (χ2n) is 3.82. The maximum absolute atomic E-state index is 12.3. The molecule has 0 spiro atoms. The SMILES string of the molecule is COC1CCN(S(=O)(=O)c2c(Br)nnn2C)C1. The van der Waals surface area contributed by atoms with Crippen LogP contribution in [0.4, 0.5) is 0 Å². The summed E-state index contributed by atoms with van der Waals surface area (Å²) in [7, 11) is -0.420. The molecule has 1 aliphatic rings. The summed E-state index contributed by atoms with van der Waals surface area (Å²) in [5, 5.41) is 7.44. The molecular formula is C8H13BrN4O3S. The molecule has 1 aromatic heterocycles. The number of rotatable bonds is 3. The van der Waals surface area contributed by atoms with Crippen molar-refractivity contribution in [2.75, 3.05) is 20.2 Å². The van der Waals surface area contributed by atoms with Crippen LogP contribution in [0.1, 0.15) is 6.42 Å². The van der Waals surface area contributed by atoms with Crippen molar-refractivity contribution >= 4 is 26.0 Å². The van der Waals surface area contributed by atoms with Crippen LogP contribution in [0.3, 0.4) is 0 Å². The van der Waals surface area contributed by atoms with E-state index >= 15 is 0 Å². The summed E-state index contributed by atoms with van der Waals surface area (Å²) in [5.41, 5.74) is 0. The molecule has 1 atom stereocenters. The van der Waals surface area contributed by atoms with E-state index < -0.39 is 10.0 Å². The third-order valence-corrected chi connectivity index (χ3v) is 5.52. The van der Waals surface area contributed by atoms with Gasteiger partial charge >= 0.3 is 0 Å². The maximum Gasteiger partial charge on any atom is 0.263 e. The number of nitrogens with zero attached hydrogens (tertiary/aromatic N) is 4. The molecule has 0 saturated carbocycles. The highest BCUT2D eigenvalue weighted by Crippen LogP contribution is 2.25. The molecule has 0 amide bonds. The van der Waals surface area contributed by atoms with Gasteiger partial charge in [-0.1, -0.05) is 5.21 Å². The highest BCUT2D eigenvalue weighted by Gasteiger charge is 2.36. The third kappa shape index (κ3) is 2.24. The molecule has 0 aliphatic carbocycles. The minimum atomic E-state index is -3.56. The van der Waals surface area contributed by atoms with Crippen LogP contribution in [0.15, 0.2) is 9.63 Å². The van der Waals surface area contributed by atoms with Crippen LogP contribution >= 0.6 is 15.9 Å². The Hall–Kier alpha value is -0.510. The fourth-order valence-corrected chi connectivity index (χ4v) is 4.35. The fourth-order valence-electron chi connectivity index (χ4n) is 1.83. The van der Waals surface area contributed by atoms with E-state index in [1.165, 1.54) is 8.99 Å². The predicted molar refractivity (Wildman–Crippen MR) is 62.9 cm³/mol. The van der Waals surface area contributed by atoms with Crippen molar-refractivity contribution in [1.29, 1.82) is 0 Å². The molecule has 2 heterocycles. The Balaban J connectivity index is 2.32. The molecule has 0 radical (unpaired) electrons. The first kappa shape index (κ1) is 12.9. The molecule has 0 aromatic carbocycles. The molecule has 1 aliphatic heterocycles. The number of aryl methyl sites for hydroxylation is 1. The highest BCUT2D eigenvalue weighted by molar-refractivity contribution is 9.10. The van der Waals surface area contributed by atoms with Crippen LogP contribution in [0.2, 0.25) is 0 Å². The molecule has 0 bridgehead atoms. The summed E-state index contributed by atoms with van der Waals surface area (Å²) in [6.45, 7) is 0.828. The predicted octanol–water partition coefficient (Wildman–Crippen LogP) is -0.0130. The van der Waals surface area contributed by atoms with Gasteiger partial charge < -0.3 is 4.74 Å². The molecule has 2 rings (SSSR count). The highest BCUT2D eigenvalue weighted by atomic mass is 79.9. The van der Waals surface area contributed by atoms with Crippen molar-refractivity contribution in [2.45, 2.75) is 17.6 Å². The molecule has 1 aromatic rings. The van der Waals surface area contributed by atoms with E-state index in [2.05, 4.69) is 26.2 Å². The third-order valence-electron chi connectivity index (χ3n) is 2.76. The maximum atomic E-state index is 12.3. The first-order valence-electron chi connectivity index (χ1n) is 5.05. The second-order valence-corrected chi connectivity index (χ2v) is 6.42. The molecule has 7 nitrogen and oxygen atoms in total. The lowest BCUT2D eigenvalue weighted by molar-refractivity contribution is 0.115. The van der Waals surface area contributed by atoms with Gasteiger partial charge in [0.05, 0.1) is 6.10 Å². The van der Waals surface area contributed by atoms with Crippen LogP contribution in [0.5, 0.6) is 0 Å². The number of methoxy groups -OCH3 is 1. The van der Waals surface area contributed by atoms with Crippen molar-refractivity contribution < 1.29 is 13.2 Å². The van der Waals surface area contributed by atoms with E-state index in [1.807, 2.05) is 0 Å². The molecular weight excluding hydrogens is 312 g/mol. The zero-order valence-corrected chi connectivity index (χ0v) is 11.9. The summed E-state index contributed by atoms with van der Waals surface area (Å²) in [5.74, 6) is 0. The standard InChI is InChI=1S/C8H13BrN4O3S/c1-12-8(7(9)10-11-12)17(14,15)13-4-3-6(5-13)16-2/h6H,3-5H2,1-2H3. The number of sulfonamides is 1. The van der Waals surface area contributed by atoms with Gasteiger partial charge in [-0.25, -0.2) is 13.1 Å². The molecule has 0 N–H and O–H groups in total. The van der Waals surface area contributed by atoms with Gasteiger partial charge in [-0.3, -0.25) is 0 Å². The number of aromatic nitrogens is 3. The van der Waals surface area contributed by atoms with Gasteiger partial charge in [-0.05, 0) is 22.4 Å². The van der Waals surface area contributed by atoms with Crippen molar-refractivity contribution in [3.8, 4) is 0 Å². The van der Waals surface area contributed by atoms with Crippen LogP contribution in [-0.4, -0.2) is 54.0 Å². The average Bonchev–Trinajstić information content (AvgIpc) is 2.85. The summed E-state index contributed by atoms with van der Waals surface area (Å²) in [4.78, 5) is 0. The van der Waals surface area contributed by atoms with Crippen molar-refractivity contribution in [3.05, 3.63) is 4.60 Å². The van der Waals surface area contributed by atoms with E-state index in [1.54, 1.807) is 14.2 Å². The van der Waals surface area contributed by atoms with Gasteiger partial charge in [0.15, 0.2) is 4.60 Å². The van der Waals surface area contributed by atoms with E-state index in [9.17, 15) is 8.42 Å². The molecule has 96 valence electrons. The number of hydrogen-bond donors (Lipinski definition) is 0. The van der Waals surface area contributed by atoms with Crippen molar-refractivity contribution in [3.63, 3.8) is 0 Å². The van der Waals surface area contributed by atoms with E-state index in [4.69, 9.17) is 4.74 Å². The molecule has 9 heteroatoms. The summed E-state index contributed by atoms with van der Waals surface area (Å²) in [6.07, 6.45) is 0.670. The molecule has 1 unspecified atom stereocenters. The molecule has 1 fully saturated rings. The summed E-state index contributed by atoms with van der Waals surface area (Å²) < 4.78 is 32.7. The number of halogens is 1. The van der Waals surface area contributed by atoms with Crippen molar-refractivity contribution in [1.82, 2.24) is 19.3 Å². The Morgan fingerprint density at radius 1 is 1.53 bits per heavy atom. The Bertz CT molecular complexity index is 495. The minimum absolute atomic E-state index is 0.0373. The van der Waals surface area contributed by atoms with Crippen LogP contribution < -0.4 is 0 Å². The quantitative estimate of drug-likeness (QED) is 0.781. The van der Waals surface area contributed by atoms with Gasteiger partial charge in [0.25, 0.3) is 10.0 Å². The first-order chi connectivity index (χ1) is 7.96. The fraction of sp³-hybridized carbons (Fsp3) is 0.750. The molecule has 17 heavy (non-hydrogen) atoms. The summed E-state index contributed by atoms with van der Waals surface area (Å²) >= 11 is 3.10. The smallest absolute Gasteiger partial charge is 0.263 e. The van der Waals surface area contributed by atoms with Crippen LogP contribution in [0.25, 0.3) is 0 Å². The van der Waals surface area contributed by atoms with Gasteiger partial charge in [0, 0.05) is 27.2 Å². The first-order valence-corrected chi connectivity index (χ1v) is 7.28.